The molecule has 1 aliphatic rings. The summed E-state index contributed by atoms with van der Waals surface area (Å²) in [4.78, 5) is 12.0. The number of amides is 1. The second kappa shape index (κ2) is 9.96. The van der Waals surface area contributed by atoms with Crippen LogP contribution in [0.25, 0.3) is 0 Å². The van der Waals surface area contributed by atoms with E-state index >= 15 is 0 Å². The van der Waals surface area contributed by atoms with Crippen molar-refractivity contribution in [2.45, 2.75) is 37.1 Å². The number of rotatable bonds is 10. The summed E-state index contributed by atoms with van der Waals surface area (Å²) < 4.78 is 32.1. The van der Waals surface area contributed by atoms with Gasteiger partial charge in [-0.15, -0.1) is 12.4 Å². The van der Waals surface area contributed by atoms with Gasteiger partial charge < -0.3 is 15.8 Å². The van der Waals surface area contributed by atoms with E-state index in [-0.39, 0.29) is 42.2 Å². The van der Waals surface area contributed by atoms with E-state index < -0.39 is 10.0 Å². The Bertz CT molecular complexity index is 648. The minimum Gasteiger partial charge on any atom is -0.494 e. The first-order valence-electron chi connectivity index (χ1n) is 8.18. The van der Waals surface area contributed by atoms with Crippen molar-refractivity contribution in [3.63, 3.8) is 0 Å². The van der Waals surface area contributed by atoms with Gasteiger partial charge >= 0.3 is 0 Å². The SMILES string of the molecule is CCOc1ccc(S(=O)(=O)NCCC(=O)NC(CN)C2CC2)cc1.Cl. The molecule has 1 amide bonds. The van der Waals surface area contributed by atoms with E-state index in [1.807, 2.05) is 6.92 Å². The van der Waals surface area contributed by atoms with E-state index in [1.54, 1.807) is 12.1 Å². The van der Waals surface area contributed by atoms with Crippen LogP contribution in [0.5, 0.6) is 5.75 Å². The van der Waals surface area contributed by atoms with Crippen molar-refractivity contribution < 1.29 is 17.9 Å². The van der Waals surface area contributed by atoms with Gasteiger partial charge in [0, 0.05) is 25.6 Å². The summed E-state index contributed by atoms with van der Waals surface area (Å²) in [5.74, 6) is 0.898. The van der Waals surface area contributed by atoms with Crippen molar-refractivity contribution in [3.05, 3.63) is 24.3 Å². The Kier molecular flexibility index (Phi) is 8.64. The normalized spacial score (nSPS) is 15.1. The maximum Gasteiger partial charge on any atom is 0.240 e. The maximum absolute atomic E-state index is 12.2. The van der Waals surface area contributed by atoms with Crippen molar-refractivity contribution >= 4 is 28.3 Å². The first kappa shape index (κ1) is 21.7. The van der Waals surface area contributed by atoms with Gasteiger partial charge in [-0.05, 0) is 49.9 Å². The summed E-state index contributed by atoms with van der Waals surface area (Å²) in [6, 6.07) is 6.16. The highest BCUT2D eigenvalue weighted by atomic mass is 35.5. The number of ether oxygens (including phenoxy) is 1. The van der Waals surface area contributed by atoms with Crippen LogP contribution in [0.15, 0.2) is 29.2 Å². The first-order chi connectivity index (χ1) is 11.5. The lowest BCUT2D eigenvalue weighted by atomic mass is 10.2. The highest BCUT2D eigenvalue weighted by molar-refractivity contribution is 7.89. The molecule has 1 aromatic rings. The molecule has 1 unspecified atom stereocenters. The van der Waals surface area contributed by atoms with E-state index in [4.69, 9.17) is 10.5 Å². The van der Waals surface area contributed by atoms with Crippen molar-refractivity contribution in [2.75, 3.05) is 19.7 Å². The lowest BCUT2D eigenvalue weighted by molar-refractivity contribution is -0.121. The van der Waals surface area contributed by atoms with E-state index in [1.165, 1.54) is 12.1 Å². The summed E-state index contributed by atoms with van der Waals surface area (Å²) >= 11 is 0. The topological polar surface area (TPSA) is 111 Å². The zero-order valence-corrected chi connectivity index (χ0v) is 15.9. The molecule has 142 valence electrons. The van der Waals surface area contributed by atoms with Crippen LogP contribution < -0.4 is 20.5 Å². The average molecular weight is 392 g/mol. The summed E-state index contributed by atoms with van der Waals surface area (Å²) in [5, 5.41) is 2.86. The summed E-state index contributed by atoms with van der Waals surface area (Å²) in [6.07, 6.45) is 2.26. The molecule has 1 atom stereocenters. The third-order valence-corrected chi connectivity index (χ3v) is 5.36. The number of nitrogens with one attached hydrogen (secondary N) is 2. The molecule has 0 heterocycles. The number of sulfonamides is 1. The molecular weight excluding hydrogens is 366 g/mol. The predicted octanol–water partition coefficient (Wildman–Crippen LogP) is 1.03. The fraction of sp³-hybridized carbons (Fsp3) is 0.562. The van der Waals surface area contributed by atoms with Crippen LogP contribution in [0.3, 0.4) is 0 Å². The van der Waals surface area contributed by atoms with Crippen molar-refractivity contribution in [1.29, 1.82) is 0 Å². The molecule has 1 saturated carbocycles. The zero-order valence-electron chi connectivity index (χ0n) is 14.2. The van der Waals surface area contributed by atoms with Gasteiger partial charge in [0.15, 0.2) is 0 Å². The number of nitrogens with two attached hydrogens (primary N) is 1. The van der Waals surface area contributed by atoms with Gasteiger partial charge in [0.05, 0.1) is 11.5 Å². The van der Waals surface area contributed by atoms with Crippen LogP contribution in [0, 0.1) is 5.92 Å². The van der Waals surface area contributed by atoms with Gasteiger partial charge in [-0.25, -0.2) is 13.1 Å². The van der Waals surface area contributed by atoms with Crippen molar-refractivity contribution in [2.24, 2.45) is 11.7 Å². The van der Waals surface area contributed by atoms with Gasteiger partial charge in [0.1, 0.15) is 5.75 Å². The molecule has 0 aliphatic heterocycles. The fourth-order valence-electron chi connectivity index (χ4n) is 2.41. The van der Waals surface area contributed by atoms with Crippen LogP contribution >= 0.6 is 12.4 Å². The van der Waals surface area contributed by atoms with Gasteiger partial charge in [-0.1, -0.05) is 0 Å². The predicted molar refractivity (Wildman–Crippen MR) is 98.4 cm³/mol. The molecule has 7 nitrogen and oxygen atoms in total. The monoisotopic (exact) mass is 391 g/mol. The van der Waals surface area contributed by atoms with E-state index in [0.29, 0.717) is 24.8 Å². The third kappa shape index (κ3) is 6.81. The molecule has 4 N–H and O–H groups in total. The molecule has 1 aliphatic carbocycles. The summed E-state index contributed by atoms with van der Waals surface area (Å²) in [7, 11) is -3.64. The van der Waals surface area contributed by atoms with Crippen LogP contribution in [0.4, 0.5) is 0 Å². The molecule has 0 aromatic heterocycles. The highest BCUT2D eigenvalue weighted by Gasteiger charge is 2.31. The van der Waals surface area contributed by atoms with Crippen molar-refractivity contribution in [3.8, 4) is 5.75 Å². The smallest absolute Gasteiger partial charge is 0.240 e. The lowest BCUT2D eigenvalue weighted by Gasteiger charge is -2.16. The molecule has 0 bridgehead atoms. The number of carbonyl (C=O) groups excluding carboxylic acids is 1. The third-order valence-electron chi connectivity index (χ3n) is 3.88. The van der Waals surface area contributed by atoms with E-state index in [0.717, 1.165) is 12.8 Å². The molecule has 2 rings (SSSR count). The molecule has 1 aromatic carbocycles. The second-order valence-corrected chi connectivity index (χ2v) is 7.57. The average Bonchev–Trinajstić information content (AvgIpc) is 3.38. The molecule has 0 saturated heterocycles. The Balaban J connectivity index is 0.00000312. The minimum atomic E-state index is -3.64. The highest BCUT2D eigenvalue weighted by Crippen LogP contribution is 2.32. The number of carbonyl (C=O) groups is 1. The Hall–Kier alpha value is -1.35. The fourth-order valence-corrected chi connectivity index (χ4v) is 3.44. The first-order valence-corrected chi connectivity index (χ1v) is 9.66. The van der Waals surface area contributed by atoms with Crippen LogP contribution in [0.2, 0.25) is 0 Å². The molecule has 1 fully saturated rings. The van der Waals surface area contributed by atoms with E-state index in [9.17, 15) is 13.2 Å². The van der Waals surface area contributed by atoms with Crippen LogP contribution in [-0.4, -0.2) is 40.1 Å². The molecular formula is C16H26ClN3O4S. The Morgan fingerprint density at radius 2 is 1.96 bits per heavy atom. The Labute approximate surface area is 155 Å². The van der Waals surface area contributed by atoms with Crippen molar-refractivity contribution in [1.82, 2.24) is 10.0 Å². The number of benzene rings is 1. The number of hydrogen-bond acceptors (Lipinski definition) is 5. The minimum absolute atomic E-state index is 0. The molecule has 9 heteroatoms. The Morgan fingerprint density at radius 1 is 1.32 bits per heavy atom. The Morgan fingerprint density at radius 3 is 2.48 bits per heavy atom. The second-order valence-electron chi connectivity index (χ2n) is 5.80. The number of hydrogen-bond donors (Lipinski definition) is 3. The maximum atomic E-state index is 12.2. The summed E-state index contributed by atoms with van der Waals surface area (Å²) in [6.45, 7) is 2.83. The molecule has 25 heavy (non-hydrogen) atoms. The zero-order chi connectivity index (χ0) is 17.6. The molecule has 0 radical (unpaired) electrons. The molecule has 0 spiro atoms. The standard InChI is InChI=1S/C16H25N3O4S.ClH/c1-2-23-13-5-7-14(8-6-13)24(21,22)18-10-9-16(20)19-15(11-17)12-3-4-12;/h5-8,12,15,18H,2-4,9-11,17H2,1H3,(H,19,20);1H. The van der Waals surface area contributed by atoms with Gasteiger partial charge in [-0.3, -0.25) is 4.79 Å². The van der Waals surface area contributed by atoms with Crippen LogP contribution in [0.1, 0.15) is 26.2 Å². The number of halogens is 1. The van der Waals surface area contributed by atoms with E-state index in [2.05, 4.69) is 10.0 Å². The van der Waals surface area contributed by atoms with Gasteiger partial charge in [0.2, 0.25) is 15.9 Å². The van der Waals surface area contributed by atoms with Gasteiger partial charge in [0.25, 0.3) is 0 Å². The largest absolute Gasteiger partial charge is 0.494 e. The van der Waals surface area contributed by atoms with Gasteiger partial charge in [-0.2, -0.15) is 0 Å². The lowest BCUT2D eigenvalue weighted by Crippen LogP contribution is -2.42. The summed E-state index contributed by atoms with van der Waals surface area (Å²) in [5.41, 5.74) is 5.63. The van der Waals surface area contributed by atoms with Crippen LogP contribution in [-0.2, 0) is 14.8 Å². The quantitative estimate of drug-likeness (QED) is 0.551.